The summed E-state index contributed by atoms with van der Waals surface area (Å²) in [5, 5.41) is 19.7. The monoisotopic (exact) mass is 307 g/mol. The molecule has 0 aliphatic carbocycles. The first kappa shape index (κ1) is 16.4. The number of aliphatic hydroxyl groups excluding tert-OH is 1. The maximum absolute atomic E-state index is 12.1. The van der Waals surface area contributed by atoms with Crippen molar-refractivity contribution in [1.29, 1.82) is 0 Å². The molecule has 0 aliphatic rings. The van der Waals surface area contributed by atoms with Gasteiger partial charge in [0.25, 0.3) is 6.43 Å². The number of anilines is 1. The molecule has 2 aromatic rings. The number of hydrogen-bond acceptors (Lipinski definition) is 4. The van der Waals surface area contributed by atoms with E-state index in [0.717, 1.165) is 11.3 Å². The maximum Gasteiger partial charge on any atom is 0.257 e. The molecule has 0 atom stereocenters. The van der Waals surface area contributed by atoms with Crippen LogP contribution in [0.1, 0.15) is 5.56 Å². The molecule has 0 radical (unpaired) electrons. The van der Waals surface area contributed by atoms with E-state index in [9.17, 15) is 8.78 Å². The zero-order chi connectivity index (χ0) is 13.7. The third-order valence-electron chi connectivity index (χ3n) is 2.47. The van der Waals surface area contributed by atoms with E-state index in [0.29, 0.717) is 13.1 Å². The third kappa shape index (κ3) is 4.78. The van der Waals surface area contributed by atoms with Crippen LogP contribution in [0, 0.1) is 0 Å². The van der Waals surface area contributed by atoms with Crippen molar-refractivity contribution in [3.05, 3.63) is 30.4 Å². The summed E-state index contributed by atoms with van der Waals surface area (Å²) < 4.78 is 27.1. The van der Waals surface area contributed by atoms with E-state index >= 15 is 0 Å². The number of aromatic nitrogens is 4. The minimum absolute atomic E-state index is 0. The summed E-state index contributed by atoms with van der Waals surface area (Å²) in [7, 11) is 0. The quantitative estimate of drug-likeness (QED) is 0.811. The van der Waals surface area contributed by atoms with Gasteiger partial charge in [-0.25, -0.2) is 8.78 Å². The van der Waals surface area contributed by atoms with Crippen LogP contribution in [0.5, 0.6) is 0 Å². The molecule has 9 heteroatoms. The van der Waals surface area contributed by atoms with Crippen molar-refractivity contribution in [3.8, 4) is 0 Å². The number of nitrogens with zero attached hydrogens (tertiary/aromatic N) is 4. The average Bonchev–Trinajstić information content (AvgIpc) is 2.96. The Hall–Kier alpha value is -1.67. The molecule has 0 amide bonds. The van der Waals surface area contributed by atoms with Crippen molar-refractivity contribution >= 4 is 18.1 Å². The van der Waals surface area contributed by atoms with E-state index < -0.39 is 13.0 Å². The predicted molar refractivity (Wildman–Crippen MR) is 72.1 cm³/mol. The van der Waals surface area contributed by atoms with Gasteiger partial charge in [0.15, 0.2) is 0 Å². The first-order chi connectivity index (χ1) is 9.17. The molecule has 0 fully saturated rings. The molecule has 2 aromatic heterocycles. The molecule has 2 N–H and O–H groups in total. The van der Waals surface area contributed by atoms with Crippen LogP contribution in [0.2, 0.25) is 0 Å². The second kappa shape index (κ2) is 7.81. The van der Waals surface area contributed by atoms with Crippen LogP contribution >= 0.6 is 12.4 Å². The van der Waals surface area contributed by atoms with Crippen molar-refractivity contribution in [3.63, 3.8) is 0 Å². The normalized spacial score (nSPS) is 10.6. The van der Waals surface area contributed by atoms with Gasteiger partial charge in [-0.15, -0.1) is 12.4 Å². The Bertz CT molecular complexity index is 516. The summed E-state index contributed by atoms with van der Waals surface area (Å²) in [6.45, 7) is 0.554. The molecular weight excluding hydrogens is 292 g/mol. The van der Waals surface area contributed by atoms with E-state index in [4.69, 9.17) is 5.11 Å². The van der Waals surface area contributed by atoms with Crippen molar-refractivity contribution in [2.45, 2.75) is 26.1 Å². The molecule has 2 rings (SSSR count). The molecule has 0 saturated heterocycles. The smallest absolute Gasteiger partial charge is 0.257 e. The summed E-state index contributed by atoms with van der Waals surface area (Å²) in [5.41, 5.74) is 1.62. The molecule has 0 bridgehead atoms. The van der Waals surface area contributed by atoms with Crippen LogP contribution < -0.4 is 5.32 Å². The molecule has 0 unspecified atom stereocenters. The van der Waals surface area contributed by atoms with Gasteiger partial charge in [0, 0.05) is 24.5 Å². The van der Waals surface area contributed by atoms with E-state index in [1.807, 2.05) is 0 Å². The van der Waals surface area contributed by atoms with Gasteiger partial charge in [0.2, 0.25) is 0 Å². The number of aliphatic hydroxyl groups is 1. The first-order valence-electron chi connectivity index (χ1n) is 5.84. The van der Waals surface area contributed by atoms with E-state index in [-0.39, 0.29) is 19.0 Å². The van der Waals surface area contributed by atoms with Crippen molar-refractivity contribution in [2.24, 2.45) is 0 Å². The van der Waals surface area contributed by atoms with Crippen LogP contribution in [-0.4, -0.2) is 37.7 Å². The standard InChI is InChI=1S/C11H15F2N5O.ClH/c12-11(13)8-18-6-9(4-15-18)3-14-10-5-16-17(7-10)1-2-19;/h4-7,11,14,19H,1-3,8H2;1H. The summed E-state index contributed by atoms with van der Waals surface area (Å²) >= 11 is 0. The fraction of sp³-hybridized carbons (Fsp3) is 0.455. The molecule has 0 aliphatic heterocycles. The Morgan fingerprint density at radius 3 is 2.65 bits per heavy atom. The summed E-state index contributed by atoms with van der Waals surface area (Å²) in [6.07, 6.45) is 4.13. The third-order valence-corrected chi connectivity index (χ3v) is 2.47. The summed E-state index contributed by atoms with van der Waals surface area (Å²) in [5.74, 6) is 0. The molecule has 6 nitrogen and oxygen atoms in total. The molecule has 0 aromatic carbocycles. The Kier molecular flexibility index (Phi) is 6.40. The van der Waals surface area contributed by atoms with Crippen LogP contribution in [-0.2, 0) is 19.6 Å². The molecule has 2 heterocycles. The highest BCUT2D eigenvalue weighted by atomic mass is 35.5. The van der Waals surface area contributed by atoms with Crippen molar-refractivity contribution < 1.29 is 13.9 Å². The Morgan fingerprint density at radius 1 is 1.20 bits per heavy atom. The van der Waals surface area contributed by atoms with Crippen molar-refractivity contribution in [1.82, 2.24) is 19.6 Å². The highest BCUT2D eigenvalue weighted by Gasteiger charge is 2.06. The predicted octanol–water partition coefficient (Wildman–Crippen LogP) is 1.37. The zero-order valence-corrected chi connectivity index (χ0v) is 11.4. The Labute approximate surface area is 120 Å². The van der Waals surface area contributed by atoms with E-state index in [1.165, 1.54) is 4.68 Å². The minimum atomic E-state index is -2.41. The fourth-order valence-corrected chi connectivity index (χ4v) is 1.62. The summed E-state index contributed by atoms with van der Waals surface area (Å²) in [6, 6.07) is 0. The Balaban J connectivity index is 0.00000200. The van der Waals surface area contributed by atoms with Gasteiger partial charge in [-0.2, -0.15) is 10.2 Å². The second-order valence-corrected chi connectivity index (χ2v) is 4.03. The lowest BCUT2D eigenvalue weighted by molar-refractivity contribution is 0.122. The molecule has 0 spiro atoms. The molecule has 112 valence electrons. The average molecular weight is 308 g/mol. The highest BCUT2D eigenvalue weighted by Crippen LogP contribution is 2.08. The van der Waals surface area contributed by atoms with Gasteiger partial charge in [-0.05, 0) is 0 Å². The largest absolute Gasteiger partial charge is 0.394 e. The van der Waals surface area contributed by atoms with Gasteiger partial charge in [0.1, 0.15) is 6.54 Å². The SMILES string of the molecule is Cl.OCCn1cc(NCc2cnn(CC(F)F)c2)cn1. The minimum Gasteiger partial charge on any atom is -0.394 e. The summed E-state index contributed by atoms with van der Waals surface area (Å²) in [4.78, 5) is 0. The van der Waals surface area contributed by atoms with Gasteiger partial charge in [-0.3, -0.25) is 9.36 Å². The maximum atomic E-state index is 12.1. The van der Waals surface area contributed by atoms with Crippen LogP contribution in [0.15, 0.2) is 24.8 Å². The number of nitrogens with one attached hydrogen (secondary N) is 1. The van der Waals surface area contributed by atoms with Crippen LogP contribution in [0.25, 0.3) is 0 Å². The molecule has 20 heavy (non-hydrogen) atoms. The second-order valence-electron chi connectivity index (χ2n) is 4.03. The van der Waals surface area contributed by atoms with E-state index in [1.54, 1.807) is 29.5 Å². The van der Waals surface area contributed by atoms with Crippen LogP contribution in [0.3, 0.4) is 0 Å². The first-order valence-corrected chi connectivity index (χ1v) is 5.84. The number of hydrogen-bond donors (Lipinski definition) is 2. The number of alkyl halides is 2. The van der Waals surface area contributed by atoms with Crippen LogP contribution in [0.4, 0.5) is 14.5 Å². The fourth-order valence-electron chi connectivity index (χ4n) is 1.62. The molecule has 0 saturated carbocycles. The lowest BCUT2D eigenvalue weighted by Gasteiger charge is -2.01. The number of halogens is 3. The van der Waals surface area contributed by atoms with E-state index in [2.05, 4.69) is 15.5 Å². The Morgan fingerprint density at radius 2 is 1.95 bits per heavy atom. The van der Waals surface area contributed by atoms with Gasteiger partial charge in [0.05, 0.1) is 31.2 Å². The highest BCUT2D eigenvalue weighted by molar-refractivity contribution is 5.85. The number of rotatable bonds is 7. The topological polar surface area (TPSA) is 67.9 Å². The van der Waals surface area contributed by atoms with Gasteiger partial charge in [-0.1, -0.05) is 0 Å². The molecular formula is C11H16ClF2N5O. The van der Waals surface area contributed by atoms with Crippen molar-refractivity contribution in [2.75, 3.05) is 11.9 Å². The van der Waals surface area contributed by atoms with Gasteiger partial charge < -0.3 is 10.4 Å². The van der Waals surface area contributed by atoms with Gasteiger partial charge >= 0.3 is 0 Å². The lowest BCUT2D eigenvalue weighted by Crippen LogP contribution is -2.06. The lowest BCUT2D eigenvalue weighted by atomic mass is 10.3. The zero-order valence-electron chi connectivity index (χ0n) is 10.6.